The van der Waals surface area contributed by atoms with E-state index in [9.17, 15) is 18.0 Å². The molecule has 2 heterocycles. The number of benzene rings is 2. The first kappa shape index (κ1) is 17.3. The van der Waals surface area contributed by atoms with Crippen molar-refractivity contribution in [2.24, 2.45) is 0 Å². The summed E-state index contributed by atoms with van der Waals surface area (Å²) in [6, 6.07) is 9.39. The smallest absolute Gasteiger partial charge is 0.416 e. The van der Waals surface area contributed by atoms with Gasteiger partial charge in [0.15, 0.2) is 16.6 Å². The molecule has 0 bridgehead atoms. The molecule has 2 aromatic carbocycles. The number of fused-ring (bicyclic) bond motifs is 1. The van der Waals surface area contributed by atoms with Gasteiger partial charge in [-0.2, -0.15) is 13.2 Å². The summed E-state index contributed by atoms with van der Waals surface area (Å²) in [5.74, 6) is 0.746. The lowest BCUT2D eigenvalue weighted by molar-refractivity contribution is -0.137. The average molecular weight is 392 g/mol. The van der Waals surface area contributed by atoms with Gasteiger partial charge in [-0.1, -0.05) is 0 Å². The van der Waals surface area contributed by atoms with Crippen LogP contribution in [-0.4, -0.2) is 17.7 Å². The Kier molecular flexibility index (Phi) is 4.23. The highest BCUT2D eigenvalue weighted by Gasteiger charge is 2.30. The summed E-state index contributed by atoms with van der Waals surface area (Å²) in [5.41, 5.74) is 0.743. The van der Waals surface area contributed by atoms with Crippen LogP contribution in [0.5, 0.6) is 11.5 Å². The van der Waals surface area contributed by atoms with E-state index in [4.69, 9.17) is 9.47 Å². The second kappa shape index (κ2) is 6.58. The molecule has 27 heavy (non-hydrogen) atoms. The van der Waals surface area contributed by atoms with Gasteiger partial charge in [-0.15, -0.1) is 11.3 Å². The molecule has 0 unspecified atom stereocenters. The maximum atomic E-state index is 12.6. The molecular formula is C18H11F3N2O3S. The molecule has 3 aromatic rings. The van der Waals surface area contributed by atoms with Gasteiger partial charge in [0.05, 0.1) is 11.3 Å². The molecule has 1 aromatic heterocycles. The summed E-state index contributed by atoms with van der Waals surface area (Å²) < 4.78 is 48.4. The lowest BCUT2D eigenvalue weighted by Crippen LogP contribution is -2.12. The number of hydrogen-bond donors (Lipinski definition) is 1. The van der Waals surface area contributed by atoms with Gasteiger partial charge in [-0.05, 0) is 42.5 Å². The van der Waals surface area contributed by atoms with E-state index in [-0.39, 0.29) is 12.4 Å². The molecule has 1 amide bonds. The molecule has 1 aliphatic heterocycles. The predicted molar refractivity (Wildman–Crippen MR) is 93.1 cm³/mol. The molecule has 0 spiro atoms. The summed E-state index contributed by atoms with van der Waals surface area (Å²) in [5, 5.41) is 4.69. The molecular weight excluding hydrogens is 381 g/mol. The van der Waals surface area contributed by atoms with Crippen molar-refractivity contribution in [1.82, 2.24) is 4.98 Å². The Bertz CT molecular complexity index is 1000. The van der Waals surface area contributed by atoms with E-state index in [0.717, 1.165) is 29.8 Å². The van der Waals surface area contributed by atoms with Crippen LogP contribution >= 0.6 is 11.3 Å². The Morgan fingerprint density at radius 1 is 1.07 bits per heavy atom. The molecule has 1 aliphatic rings. The lowest BCUT2D eigenvalue weighted by atomic mass is 10.1. The fourth-order valence-electron chi connectivity index (χ4n) is 2.50. The Morgan fingerprint density at radius 3 is 2.56 bits per heavy atom. The highest BCUT2D eigenvalue weighted by Crippen LogP contribution is 2.36. The zero-order chi connectivity index (χ0) is 19.0. The Hall–Kier alpha value is -3.07. The quantitative estimate of drug-likeness (QED) is 0.695. The predicted octanol–water partition coefficient (Wildman–Crippen LogP) is 4.81. The highest BCUT2D eigenvalue weighted by molar-refractivity contribution is 7.14. The van der Waals surface area contributed by atoms with Crippen LogP contribution in [-0.2, 0) is 6.18 Å². The molecule has 5 nitrogen and oxygen atoms in total. The van der Waals surface area contributed by atoms with Gasteiger partial charge in [-0.25, -0.2) is 4.98 Å². The first-order valence-electron chi connectivity index (χ1n) is 7.74. The van der Waals surface area contributed by atoms with Crippen molar-refractivity contribution in [2.75, 3.05) is 12.1 Å². The zero-order valence-corrected chi connectivity index (χ0v) is 14.4. The van der Waals surface area contributed by atoms with Gasteiger partial charge in [0.1, 0.15) is 0 Å². The first-order valence-corrected chi connectivity index (χ1v) is 8.62. The number of ether oxygens (including phenoxy) is 2. The van der Waals surface area contributed by atoms with Crippen molar-refractivity contribution >= 4 is 22.4 Å². The number of aromatic nitrogens is 1. The normalized spacial score (nSPS) is 12.9. The molecule has 0 radical (unpaired) electrons. The number of thiazole rings is 1. The third-order valence-corrected chi connectivity index (χ3v) is 4.63. The number of nitrogens with one attached hydrogen (secondary N) is 1. The van der Waals surface area contributed by atoms with E-state index >= 15 is 0 Å². The van der Waals surface area contributed by atoms with Crippen LogP contribution in [0.15, 0.2) is 47.8 Å². The van der Waals surface area contributed by atoms with Crippen molar-refractivity contribution in [3.63, 3.8) is 0 Å². The topological polar surface area (TPSA) is 60.5 Å². The monoisotopic (exact) mass is 392 g/mol. The molecule has 138 valence electrons. The second-order valence-electron chi connectivity index (χ2n) is 5.64. The number of nitrogens with zero attached hydrogens (tertiary/aromatic N) is 1. The summed E-state index contributed by atoms with van der Waals surface area (Å²) >= 11 is 1.21. The van der Waals surface area contributed by atoms with Crippen LogP contribution in [0.2, 0.25) is 0 Å². The maximum absolute atomic E-state index is 12.6. The fourth-order valence-corrected chi connectivity index (χ4v) is 3.21. The molecule has 0 atom stereocenters. The lowest BCUT2D eigenvalue weighted by Gasteiger charge is -2.07. The molecule has 0 aliphatic carbocycles. The van der Waals surface area contributed by atoms with Crippen LogP contribution in [0.1, 0.15) is 15.9 Å². The number of hydrogen-bond acceptors (Lipinski definition) is 5. The third-order valence-electron chi connectivity index (χ3n) is 3.87. The van der Waals surface area contributed by atoms with Crippen molar-refractivity contribution in [3.8, 4) is 22.8 Å². The number of rotatable bonds is 3. The second-order valence-corrected chi connectivity index (χ2v) is 6.49. The standard InChI is InChI=1S/C18H11F3N2O3S/c19-18(20,21)12-4-1-10(2-5-12)16(24)23-17-22-13(8-27-17)11-3-6-14-15(7-11)26-9-25-14/h1-8H,9H2,(H,22,23,24). The van der Waals surface area contributed by atoms with Crippen molar-refractivity contribution < 1.29 is 27.4 Å². The summed E-state index contributed by atoms with van der Waals surface area (Å²) in [7, 11) is 0. The number of alkyl halides is 3. The average Bonchev–Trinajstić information content (AvgIpc) is 3.29. The zero-order valence-electron chi connectivity index (χ0n) is 13.5. The minimum Gasteiger partial charge on any atom is -0.454 e. The van der Waals surface area contributed by atoms with Crippen LogP contribution in [0.4, 0.5) is 18.3 Å². The molecule has 9 heteroatoms. The largest absolute Gasteiger partial charge is 0.454 e. The Morgan fingerprint density at radius 2 is 1.81 bits per heavy atom. The minimum absolute atomic E-state index is 0.114. The minimum atomic E-state index is -4.44. The molecule has 4 rings (SSSR count). The number of amides is 1. The van der Waals surface area contributed by atoms with E-state index in [1.165, 1.54) is 11.3 Å². The van der Waals surface area contributed by atoms with Crippen LogP contribution in [0.25, 0.3) is 11.3 Å². The van der Waals surface area contributed by atoms with E-state index in [0.29, 0.717) is 22.3 Å². The summed E-state index contributed by atoms with van der Waals surface area (Å²) in [6.07, 6.45) is -4.44. The van der Waals surface area contributed by atoms with Crippen molar-refractivity contribution in [3.05, 3.63) is 59.0 Å². The SMILES string of the molecule is O=C(Nc1nc(-c2ccc3c(c2)OCO3)cs1)c1ccc(C(F)(F)F)cc1. The van der Waals surface area contributed by atoms with E-state index in [2.05, 4.69) is 10.3 Å². The third kappa shape index (κ3) is 3.59. The maximum Gasteiger partial charge on any atom is 0.416 e. The number of halogens is 3. The summed E-state index contributed by atoms with van der Waals surface area (Å²) in [4.78, 5) is 16.6. The van der Waals surface area contributed by atoms with Gasteiger partial charge in [-0.3, -0.25) is 10.1 Å². The van der Waals surface area contributed by atoms with Gasteiger partial charge in [0.25, 0.3) is 5.91 Å². The van der Waals surface area contributed by atoms with Gasteiger partial charge >= 0.3 is 6.18 Å². The first-order chi connectivity index (χ1) is 12.9. The van der Waals surface area contributed by atoms with Gasteiger partial charge < -0.3 is 9.47 Å². The van der Waals surface area contributed by atoms with Crippen molar-refractivity contribution in [2.45, 2.75) is 6.18 Å². The van der Waals surface area contributed by atoms with E-state index < -0.39 is 17.6 Å². The Balaban J connectivity index is 1.48. The fraction of sp³-hybridized carbons (Fsp3) is 0.111. The van der Waals surface area contributed by atoms with Gasteiger partial charge in [0, 0.05) is 16.5 Å². The number of carbonyl (C=O) groups is 1. The van der Waals surface area contributed by atoms with E-state index in [1.54, 1.807) is 17.5 Å². The highest BCUT2D eigenvalue weighted by atomic mass is 32.1. The molecule has 1 N–H and O–H groups in total. The molecule has 0 saturated heterocycles. The molecule has 0 saturated carbocycles. The summed E-state index contributed by atoms with van der Waals surface area (Å²) in [6.45, 7) is 0.171. The van der Waals surface area contributed by atoms with Gasteiger partial charge in [0.2, 0.25) is 6.79 Å². The van der Waals surface area contributed by atoms with Crippen LogP contribution < -0.4 is 14.8 Å². The van der Waals surface area contributed by atoms with Crippen LogP contribution in [0, 0.1) is 0 Å². The number of carbonyl (C=O) groups excluding carboxylic acids is 1. The Labute approximate surface area is 155 Å². The van der Waals surface area contributed by atoms with E-state index in [1.807, 2.05) is 6.07 Å². The van der Waals surface area contributed by atoms with Crippen LogP contribution in [0.3, 0.4) is 0 Å². The van der Waals surface area contributed by atoms with Crippen molar-refractivity contribution in [1.29, 1.82) is 0 Å². The molecule has 0 fully saturated rings. The number of anilines is 1.